The smallest absolute Gasteiger partial charge is 0.261 e. The predicted octanol–water partition coefficient (Wildman–Crippen LogP) is 1.73. The highest BCUT2D eigenvalue weighted by molar-refractivity contribution is 9.08. The van der Waals surface area contributed by atoms with Crippen molar-refractivity contribution in [2.24, 2.45) is 0 Å². The molecule has 0 atom stereocenters. The van der Waals surface area contributed by atoms with Crippen molar-refractivity contribution in [1.82, 2.24) is 4.34 Å². The molecule has 4 heteroatoms. The minimum atomic E-state index is -0.169. The van der Waals surface area contributed by atoms with Crippen molar-refractivity contribution in [2.45, 2.75) is 0 Å². The molecule has 12 heavy (non-hydrogen) atoms. The number of carbonyl (C=O) groups is 1. The van der Waals surface area contributed by atoms with Gasteiger partial charge in [-0.05, 0) is 24.3 Å². The van der Waals surface area contributed by atoms with Crippen LogP contribution in [0.1, 0.15) is 10.4 Å². The Morgan fingerprint density at radius 3 is 2.42 bits per heavy atom. The normalized spacial score (nSPS) is 9.17. The van der Waals surface area contributed by atoms with Gasteiger partial charge in [0.1, 0.15) is 5.75 Å². The number of halogens is 1. The Labute approximate surface area is 79.1 Å². The van der Waals surface area contributed by atoms with Gasteiger partial charge in [0.25, 0.3) is 5.91 Å². The number of amides is 1. The van der Waals surface area contributed by atoms with Gasteiger partial charge in [-0.3, -0.25) is 9.14 Å². The van der Waals surface area contributed by atoms with Crippen molar-refractivity contribution in [3.8, 4) is 5.75 Å². The largest absolute Gasteiger partial charge is 0.497 e. The van der Waals surface area contributed by atoms with Crippen LogP contribution in [-0.4, -0.2) is 13.0 Å². The molecule has 1 rings (SSSR count). The molecule has 0 fully saturated rings. The first-order valence-corrected chi connectivity index (χ1v) is 4.12. The van der Waals surface area contributed by atoms with Crippen molar-refractivity contribution >= 4 is 22.1 Å². The minimum absolute atomic E-state index is 0.169. The maximum Gasteiger partial charge on any atom is 0.261 e. The third kappa shape index (κ3) is 1.98. The second kappa shape index (κ2) is 4.11. The summed E-state index contributed by atoms with van der Waals surface area (Å²) in [5, 5.41) is 0. The molecule has 1 amide bonds. The molecular weight excluding hydrogens is 222 g/mol. The Morgan fingerprint density at radius 1 is 1.42 bits per heavy atom. The van der Waals surface area contributed by atoms with Gasteiger partial charge in [-0.1, -0.05) is 0 Å². The lowest BCUT2D eigenvalue weighted by atomic mass is 10.2. The van der Waals surface area contributed by atoms with E-state index in [9.17, 15) is 4.79 Å². The van der Waals surface area contributed by atoms with Crippen molar-refractivity contribution in [3.63, 3.8) is 0 Å². The number of nitrogens with one attached hydrogen (secondary N) is 1. The van der Waals surface area contributed by atoms with Gasteiger partial charge in [0, 0.05) is 21.7 Å². The fraction of sp³-hybridized carbons (Fsp3) is 0.125. The van der Waals surface area contributed by atoms with Gasteiger partial charge < -0.3 is 4.74 Å². The standard InChI is InChI=1S/C8H8BrNO2/c1-12-7-4-2-6(3-5-7)8(11)10-9/h2-5H,1H3,(H,10,11). The van der Waals surface area contributed by atoms with Crippen LogP contribution in [0.15, 0.2) is 24.3 Å². The Morgan fingerprint density at radius 2 is 2.00 bits per heavy atom. The maximum atomic E-state index is 11.0. The molecule has 0 heterocycles. The van der Waals surface area contributed by atoms with Crippen LogP contribution in [0.2, 0.25) is 0 Å². The Balaban J connectivity index is 2.84. The zero-order valence-electron chi connectivity index (χ0n) is 6.50. The monoisotopic (exact) mass is 229 g/mol. The summed E-state index contributed by atoms with van der Waals surface area (Å²) < 4.78 is 7.29. The Hall–Kier alpha value is -1.03. The van der Waals surface area contributed by atoms with Gasteiger partial charge in [0.2, 0.25) is 0 Å². The van der Waals surface area contributed by atoms with Crippen molar-refractivity contribution < 1.29 is 9.53 Å². The van der Waals surface area contributed by atoms with Gasteiger partial charge in [-0.2, -0.15) is 0 Å². The third-order valence-electron chi connectivity index (χ3n) is 1.44. The zero-order valence-corrected chi connectivity index (χ0v) is 8.09. The van der Waals surface area contributed by atoms with E-state index < -0.39 is 0 Å². The van der Waals surface area contributed by atoms with E-state index in [1.807, 2.05) is 0 Å². The lowest BCUT2D eigenvalue weighted by Crippen LogP contribution is -2.11. The van der Waals surface area contributed by atoms with E-state index in [0.717, 1.165) is 5.75 Å². The number of benzene rings is 1. The highest BCUT2D eigenvalue weighted by Gasteiger charge is 2.01. The number of hydrogen-bond donors (Lipinski definition) is 1. The average Bonchev–Trinajstić information content (AvgIpc) is 2.17. The molecule has 0 aromatic heterocycles. The molecule has 0 spiro atoms. The van der Waals surface area contributed by atoms with E-state index in [2.05, 4.69) is 20.5 Å². The van der Waals surface area contributed by atoms with Crippen LogP contribution >= 0.6 is 16.1 Å². The van der Waals surface area contributed by atoms with Crippen molar-refractivity contribution in [2.75, 3.05) is 7.11 Å². The fourth-order valence-corrected chi connectivity index (χ4v) is 1.03. The topological polar surface area (TPSA) is 38.3 Å². The molecule has 0 aliphatic rings. The molecule has 1 aromatic rings. The summed E-state index contributed by atoms with van der Waals surface area (Å²) in [6.07, 6.45) is 0. The summed E-state index contributed by atoms with van der Waals surface area (Å²) in [7, 11) is 1.58. The first-order valence-electron chi connectivity index (χ1n) is 3.33. The first-order chi connectivity index (χ1) is 5.77. The molecule has 3 nitrogen and oxygen atoms in total. The van der Waals surface area contributed by atoms with E-state index >= 15 is 0 Å². The molecule has 1 aromatic carbocycles. The van der Waals surface area contributed by atoms with Crippen molar-refractivity contribution in [1.29, 1.82) is 0 Å². The van der Waals surface area contributed by atoms with E-state index in [1.54, 1.807) is 31.4 Å². The molecule has 0 aliphatic carbocycles. The second-order valence-electron chi connectivity index (χ2n) is 2.15. The van der Waals surface area contributed by atoms with E-state index in [-0.39, 0.29) is 5.91 Å². The maximum absolute atomic E-state index is 11.0. The van der Waals surface area contributed by atoms with Crippen LogP contribution in [0.4, 0.5) is 0 Å². The highest BCUT2D eigenvalue weighted by atomic mass is 79.9. The van der Waals surface area contributed by atoms with E-state index in [0.29, 0.717) is 5.56 Å². The SMILES string of the molecule is COc1ccc(C(=O)NBr)cc1. The summed E-state index contributed by atoms with van der Waals surface area (Å²) >= 11 is 2.86. The molecule has 0 bridgehead atoms. The third-order valence-corrected chi connectivity index (χ3v) is 1.80. The Kier molecular flexibility index (Phi) is 3.10. The average molecular weight is 230 g/mol. The van der Waals surface area contributed by atoms with Gasteiger partial charge in [-0.15, -0.1) is 0 Å². The second-order valence-corrected chi connectivity index (χ2v) is 2.55. The molecule has 0 saturated carbocycles. The number of ether oxygens (including phenoxy) is 1. The van der Waals surface area contributed by atoms with E-state index in [4.69, 9.17) is 4.74 Å². The number of methoxy groups -OCH3 is 1. The zero-order chi connectivity index (χ0) is 8.97. The Bertz CT molecular complexity index is 271. The van der Waals surface area contributed by atoms with Crippen molar-refractivity contribution in [3.05, 3.63) is 29.8 Å². The van der Waals surface area contributed by atoms with Crippen LogP contribution in [0, 0.1) is 0 Å². The number of hydrogen-bond acceptors (Lipinski definition) is 2. The minimum Gasteiger partial charge on any atom is -0.497 e. The van der Waals surface area contributed by atoms with Crippen LogP contribution < -0.4 is 9.08 Å². The summed E-state index contributed by atoms with van der Waals surface area (Å²) in [5.74, 6) is 0.568. The van der Waals surface area contributed by atoms with Crippen LogP contribution in [0.3, 0.4) is 0 Å². The van der Waals surface area contributed by atoms with E-state index in [1.165, 1.54) is 0 Å². The summed E-state index contributed by atoms with van der Waals surface area (Å²) in [5.41, 5.74) is 0.590. The molecule has 0 aliphatic heterocycles. The summed E-state index contributed by atoms with van der Waals surface area (Å²) in [6, 6.07) is 6.85. The molecule has 64 valence electrons. The lowest BCUT2D eigenvalue weighted by molar-refractivity contribution is 0.0986. The lowest BCUT2D eigenvalue weighted by Gasteiger charge is -2.00. The summed E-state index contributed by atoms with van der Waals surface area (Å²) in [4.78, 5) is 11.0. The number of rotatable bonds is 2. The molecular formula is C8H8BrNO2. The van der Waals surface area contributed by atoms with Gasteiger partial charge in [0.05, 0.1) is 7.11 Å². The van der Waals surface area contributed by atoms with Gasteiger partial charge in [-0.25, -0.2) is 0 Å². The van der Waals surface area contributed by atoms with Crippen LogP contribution in [0.5, 0.6) is 5.75 Å². The highest BCUT2D eigenvalue weighted by Crippen LogP contribution is 2.10. The van der Waals surface area contributed by atoms with Gasteiger partial charge in [0.15, 0.2) is 0 Å². The first kappa shape index (κ1) is 9.06. The molecule has 1 N–H and O–H groups in total. The predicted molar refractivity (Wildman–Crippen MR) is 49.4 cm³/mol. The quantitative estimate of drug-likeness (QED) is 0.785. The molecule has 0 radical (unpaired) electrons. The fourth-order valence-electron chi connectivity index (χ4n) is 0.797. The van der Waals surface area contributed by atoms with Crippen LogP contribution in [-0.2, 0) is 0 Å². The summed E-state index contributed by atoms with van der Waals surface area (Å²) in [6.45, 7) is 0. The molecule has 0 saturated heterocycles. The van der Waals surface area contributed by atoms with Gasteiger partial charge >= 0.3 is 0 Å². The van der Waals surface area contributed by atoms with Crippen LogP contribution in [0.25, 0.3) is 0 Å². The molecule has 0 unspecified atom stereocenters. The number of carbonyl (C=O) groups excluding carboxylic acids is 1.